The Kier molecular flexibility index (Phi) is 8.25. The zero-order chi connectivity index (χ0) is 11.5. The van der Waals surface area contributed by atoms with E-state index in [0.29, 0.717) is 5.82 Å². The molecule has 0 saturated carbocycles. The molecule has 0 radical (unpaired) electrons. The lowest BCUT2D eigenvalue weighted by Gasteiger charge is -2.12. The Balaban J connectivity index is 0. The largest absolute Gasteiger partial charge is 0.387 e. The first-order chi connectivity index (χ1) is 6.95. The van der Waals surface area contributed by atoms with Gasteiger partial charge in [0.2, 0.25) is 0 Å². The van der Waals surface area contributed by atoms with Gasteiger partial charge in [-0.1, -0.05) is 0 Å². The van der Waals surface area contributed by atoms with Crippen molar-refractivity contribution in [2.75, 3.05) is 31.2 Å². The Labute approximate surface area is 114 Å². The van der Waals surface area contributed by atoms with E-state index in [1.807, 2.05) is 0 Å². The molecule has 0 unspecified atom stereocenters. The van der Waals surface area contributed by atoms with Crippen LogP contribution in [0.2, 0.25) is 0 Å². The Bertz CT molecular complexity index is 422. The highest BCUT2D eigenvalue weighted by Crippen LogP contribution is 2.10. The maximum Gasteiger partial charge on any atom is 0.302 e. The molecule has 0 aromatic carbocycles. The molecule has 0 amide bonds. The van der Waals surface area contributed by atoms with E-state index in [2.05, 4.69) is 15.0 Å². The van der Waals surface area contributed by atoms with Crippen molar-refractivity contribution >= 4 is 46.5 Å². The predicted molar refractivity (Wildman–Crippen MR) is 74.5 cm³/mol. The van der Waals surface area contributed by atoms with Gasteiger partial charge >= 0.3 is 10.2 Å². The third kappa shape index (κ3) is 5.40. The first kappa shape index (κ1) is 18.6. The van der Waals surface area contributed by atoms with Crippen LogP contribution in [-0.4, -0.2) is 38.9 Å². The van der Waals surface area contributed by atoms with Gasteiger partial charge in [0, 0.05) is 21.1 Å². The van der Waals surface area contributed by atoms with Crippen molar-refractivity contribution in [1.29, 1.82) is 0 Å². The van der Waals surface area contributed by atoms with Crippen LogP contribution in [0.5, 0.6) is 0 Å². The summed E-state index contributed by atoms with van der Waals surface area (Å²) in [5.41, 5.74) is 0.822. The fourth-order valence-corrected chi connectivity index (χ4v) is 1.39. The number of hydrogen-bond acceptors (Lipinski definition) is 4. The monoisotopic (exact) mass is 302 g/mol. The molecule has 0 fully saturated rings. The molecule has 0 spiro atoms. The van der Waals surface area contributed by atoms with Gasteiger partial charge in [0.15, 0.2) is 0 Å². The van der Waals surface area contributed by atoms with Gasteiger partial charge in [-0.25, -0.2) is 4.98 Å². The van der Waals surface area contributed by atoms with Crippen molar-refractivity contribution < 1.29 is 8.42 Å². The summed E-state index contributed by atoms with van der Waals surface area (Å²) in [6.07, 6.45) is 1.55. The molecule has 2 N–H and O–H groups in total. The summed E-state index contributed by atoms with van der Waals surface area (Å²) < 4.78 is 26.2. The number of halogens is 2. The quantitative estimate of drug-likeness (QED) is 0.876. The molecule has 17 heavy (non-hydrogen) atoms. The van der Waals surface area contributed by atoms with E-state index in [1.165, 1.54) is 14.1 Å². The SMILES string of the molecule is CNc1ccc(NS(=O)(=O)N(C)C)nc1.Cl.Cl. The third-order valence-corrected chi connectivity index (χ3v) is 3.19. The summed E-state index contributed by atoms with van der Waals surface area (Å²) in [4.78, 5) is 3.94. The smallest absolute Gasteiger partial charge is 0.302 e. The molecule has 0 atom stereocenters. The Morgan fingerprint density at radius 2 is 1.82 bits per heavy atom. The van der Waals surface area contributed by atoms with Crippen molar-refractivity contribution in [2.45, 2.75) is 0 Å². The van der Waals surface area contributed by atoms with Gasteiger partial charge in [-0.15, -0.1) is 24.8 Å². The van der Waals surface area contributed by atoms with Crippen LogP contribution in [0.1, 0.15) is 0 Å². The van der Waals surface area contributed by atoms with Gasteiger partial charge in [0.25, 0.3) is 0 Å². The van der Waals surface area contributed by atoms with Gasteiger partial charge in [0.1, 0.15) is 5.82 Å². The second-order valence-corrected chi connectivity index (χ2v) is 4.96. The van der Waals surface area contributed by atoms with Crippen LogP contribution >= 0.6 is 24.8 Å². The van der Waals surface area contributed by atoms with Crippen molar-refractivity contribution in [3.05, 3.63) is 18.3 Å². The fourth-order valence-electron chi connectivity index (χ4n) is 0.826. The average molecular weight is 303 g/mol. The lowest BCUT2D eigenvalue weighted by molar-refractivity contribution is 0.526. The zero-order valence-corrected chi connectivity index (χ0v) is 12.1. The normalized spacial score (nSPS) is 10.1. The third-order valence-electron chi connectivity index (χ3n) is 1.77. The average Bonchev–Trinajstić information content (AvgIpc) is 2.18. The summed E-state index contributed by atoms with van der Waals surface area (Å²) in [5, 5.41) is 2.89. The van der Waals surface area contributed by atoms with Crippen molar-refractivity contribution in [3.63, 3.8) is 0 Å². The minimum atomic E-state index is -3.47. The molecule has 1 heterocycles. The van der Waals surface area contributed by atoms with Crippen LogP contribution in [0.25, 0.3) is 0 Å². The number of pyridine rings is 1. The lowest BCUT2D eigenvalue weighted by Crippen LogP contribution is -2.29. The minimum Gasteiger partial charge on any atom is -0.387 e. The van der Waals surface area contributed by atoms with E-state index < -0.39 is 10.2 Å². The second-order valence-electron chi connectivity index (χ2n) is 3.07. The number of rotatable bonds is 4. The van der Waals surface area contributed by atoms with Crippen LogP contribution in [-0.2, 0) is 10.2 Å². The van der Waals surface area contributed by atoms with Crippen molar-refractivity contribution in [2.24, 2.45) is 0 Å². The first-order valence-electron chi connectivity index (χ1n) is 4.30. The highest BCUT2D eigenvalue weighted by Gasteiger charge is 2.13. The van der Waals surface area contributed by atoms with Crippen LogP contribution in [0.15, 0.2) is 18.3 Å². The van der Waals surface area contributed by atoms with Crippen molar-refractivity contribution in [1.82, 2.24) is 9.29 Å². The summed E-state index contributed by atoms with van der Waals surface area (Å²) in [7, 11) is 1.19. The maximum absolute atomic E-state index is 11.4. The second kappa shape index (κ2) is 7.54. The number of nitrogens with zero attached hydrogens (tertiary/aromatic N) is 2. The molecule has 0 bridgehead atoms. The van der Waals surface area contributed by atoms with Crippen LogP contribution < -0.4 is 10.0 Å². The summed E-state index contributed by atoms with van der Waals surface area (Å²) in [6, 6.07) is 3.33. The van der Waals surface area contributed by atoms with Crippen LogP contribution in [0.3, 0.4) is 0 Å². The van der Waals surface area contributed by atoms with Crippen molar-refractivity contribution in [3.8, 4) is 0 Å². The Hall–Kier alpha value is -0.760. The summed E-state index contributed by atoms with van der Waals surface area (Å²) in [5.74, 6) is 0.294. The van der Waals surface area contributed by atoms with Gasteiger partial charge in [0.05, 0.1) is 11.9 Å². The molecule has 0 saturated heterocycles. The highest BCUT2D eigenvalue weighted by atomic mass is 35.5. The molecule has 9 heteroatoms. The Morgan fingerprint density at radius 1 is 1.24 bits per heavy atom. The van der Waals surface area contributed by atoms with Crippen LogP contribution in [0.4, 0.5) is 11.5 Å². The maximum atomic E-state index is 11.4. The van der Waals surface area contributed by atoms with E-state index in [4.69, 9.17) is 0 Å². The predicted octanol–water partition coefficient (Wildman–Crippen LogP) is 1.19. The van der Waals surface area contributed by atoms with E-state index in [-0.39, 0.29) is 24.8 Å². The van der Waals surface area contributed by atoms with Gasteiger partial charge in [-0.2, -0.15) is 12.7 Å². The topological polar surface area (TPSA) is 74.3 Å². The molecular weight excluding hydrogens is 287 g/mol. The molecule has 0 aliphatic carbocycles. The summed E-state index contributed by atoms with van der Waals surface area (Å²) >= 11 is 0. The molecule has 0 aliphatic rings. The number of nitrogens with one attached hydrogen (secondary N) is 2. The van der Waals surface area contributed by atoms with E-state index in [0.717, 1.165) is 9.99 Å². The lowest BCUT2D eigenvalue weighted by atomic mass is 10.4. The van der Waals surface area contributed by atoms with E-state index in [1.54, 1.807) is 25.4 Å². The standard InChI is InChI=1S/C8H14N4O2S.2ClH/c1-9-7-4-5-8(10-6-7)11-15(13,14)12(2)3;;/h4-6,9H,1-3H3,(H,10,11);2*1H. The number of hydrogen-bond donors (Lipinski definition) is 2. The van der Waals surface area contributed by atoms with Gasteiger partial charge in [-0.05, 0) is 12.1 Å². The molecule has 1 rings (SSSR count). The summed E-state index contributed by atoms with van der Waals surface area (Å²) in [6.45, 7) is 0. The number of aromatic nitrogens is 1. The fraction of sp³-hybridized carbons (Fsp3) is 0.375. The van der Waals surface area contributed by atoms with Crippen LogP contribution in [0, 0.1) is 0 Å². The molecule has 6 nitrogen and oxygen atoms in total. The molecular formula is C8H16Cl2N4O2S. The zero-order valence-electron chi connectivity index (χ0n) is 9.67. The minimum absolute atomic E-state index is 0. The Morgan fingerprint density at radius 3 is 2.18 bits per heavy atom. The highest BCUT2D eigenvalue weighted by molar-refractivity contribution is 7.90. The van der Waals surface area contributed by atoms with Gasteiger partial charge in [-0.3, -0.25) is 4.72 Å². The van der Waals surface area contributed by atoms with E-state index >= 15 is 0 Å². The van der Waals surface area contributed by atoms with E-state index in [9.17, 15) is 8.42 Å². The molecule has 1 aromatic rings. The molecule has 1 aromatic heterocycles. The first-order valence-corrected chi connectivity index (χ1v) is 5.74. The van der Waals surface area contributed by atoms with Gasteiger partial charge < -0.3 is 5.32 Å². The molecule has 100 valence electrons. The molecule has 0 aliphatic heterocycles. The number of anilines is 2.